The maximum absolute atomic E-state index is 12.0. The average Bonchev–Trinajstić information content (AvgIpc) is 3.12. The first-order valence-corrected chi connectivity index (χ1v) is 10.8. The highest BCUT2D eigenvalue weighted by atomic mass is 16.5. The number of aromatic nitrogens is 5. The highest BCUT2D eigenvalue weighted by molar-refractivity contribution is 5.93. The van der Waals surface area contributed by atoms with Gasteiger partial charge in [0.25, 0.3) is 5.56 Å². The standard InChI is InChI=1S/C24H28N6O2/c1-6-32-24-18(8-7-10-25-24)19-13-20(26-14-17-9-11-29(5)21(31)12-17)23-22(27-19)16(4)28-30(23)15(2)3/h7-13,15H,6,14H2,1-5H3,(H,26,27). The second kappa shape index (κ2) is 8.82. The van der Waals surface area contributed by atoms with Crippen molar-refractivity contribution < 1.29 is 4.74 Å². The Morgan fingerprint density at radius 2 is 2.03 bits per heavy atom. The molecule has 32 heavy (non-hydrogen) atoms. The predicted molar refractivity (Wildman–Crippen MR) is 126 cm³/mol. The van der Waals surface area contributed by atoms with Crippen LogP contribution in [0.15, 0.2) is 47.5 Å². The Hall–Kier alpha value is -3.68. The minimum Gasteiger partial charge on any atom is -0.477 e. The van der Waals surface area contributed by atoms with Gasteiger partial charge in [-0.3, -0.25) is 9.48 Å². The zero-order valence-corrected chi connectivity index (χ0v) is 19.1. The third-order valence-corrected chi connectivity index (χ3v) is 5.29. The lowest BCUT2D eigenvalue weighted by molar-refractivity contribution is 0.328. The summed E-state index contributed by atoms with van der Waals surface area (Å²) in [7, 11) is 1.74. The Kier molecular flexibility index (Phi) is 5.94. The van der Waals surface area contributed by atoms with Crippen molar-refractivity contribution in [2.75, 3.05) is 11.9 Å². The van der Waals surface area contributed by atoms with E-state index >= 15 is 0 Å². The van der Waals surface area contributed by atoms with Crippen molar-refractivity contribution in [1.82, 2.24) is 24.3 Å². The van der Waals surface area contributed by atoms with Crippen molar-refractivity contribution in [3.63, 3.8) is 0 Å². The largest absolute Gasteiger partial charge is 0.477 e. The van der Waals surface area contributed by atoms with Crippen LogP contribution in [0.25, 0.3) is 22.3 Å². The molecule has 0 radical (unpaired) electrons. The first-order chi connectivity index (χ1) is 15.4. The van der Waals surface area contributed by atoms with E-state index in [1.807, 2.05) is 42.8 Å². The van der Waals surface area contributed by atoms with Crippen LogP contribution >= 0.6 is 0 Å². The molecule has 0 aliphatic rings. The Morgan fingerprint density at radius 3 is 2.75 bits per heavy atom. The number of aryl methyl sites for hydroxylation is 2. The number of rotatable bonds is 7. The molecule has 0 saturated heterocycles. The number of fused-ring (bicyclic) bond motifs is 1. The van der Waals surface area contributed by atoms with Crippen LogP contribution in [0.2, 0.25) is 0 Å². The summed E-state index contributed by atoms with van der Waals surface area (Å²) in [5.74, 6) is 0.549. The van der Waals surface area contributed by atoms with Crippen molar-refractivity contribution in [2.45, 2.75) is 40.3 Å². The molecule has 0 saturated carbocycles. The van der Waals surface area contributed by atoms with Gasteiger partial charge in [-0.15, -0.1) is 0 Å². The summed E-state index contributed by atoms with van der Waals surface area (Å²) in [5.41, 5.74) is 5.96. The van der Waals surface area contributed by atoms with Gasteiger partial charge in [0.15, 0.2) is 0 Å². The van der Waals surface area contributed by atoms with Crippen LogP contribution in [-0.4, -0.2) is 30.9 Å². The maximum Gasteiger partial charge on any atom is 0.250 e. The fourth-order valence-corrected chi connectivity index (χ4v) is 3.66. The third-order valence-electron chi connectivity index (χ3n) is 5.29. The molecule has 8 heteroatoms. The average molecular weight is 433 g/mol. The molecule has 166 valence electrons. The summed E-state index contributed by atoms with van der Waals surface area (Å²) in [5, 5.41) is 8.25. The van der Waals surface area contributed by atoms with Gasteiger partial charge in [-0.1, -0.05) is 0 Å². The van der Waals surface area contributed by atoms with Gasteiger partial charge in [0.2, 0.25) is 5.88 Å². The maximum atomic E-state index is 12.0. The molecule has 0 amide bonds. The summed E-state index contributed by atoms with van der Waals surface area (Å²) in [4.78, 5) is 21.4. The zero-order chi connectivity index (χ0) is 22.8. The van der Waals surface area contributed by atoms with Crippen LogP contribution < -0.4 is 15.6 Å². The van der Waals surface area contributed by atoms with Gasteiger partial charge in [-0.2, -0.15) is 5.10 Å². The van der Waals surface area contributed by atoms with Crippen molar-refractivity contribution in [3.05, 3.63) is 64.3 Å². The molecular weight excluding hydrogens is 404 g/mol. The number of pyridine rings is 3. The van der Waals surface area contributed by atoms with E-state index in [0.29, 0.717) is 19.0 Å². The molecule has 0 aromatic carbocycles. The molecule has 4 aromatic rings. The molecule has 4 aromatic heterocycles. The van der Waals surface area contributed by atoms with Crippen LogP contribution in [0.1, 0.15) is 38.1 Å². The number of hydrogen-bond donors (Lipinski definition) is 1. The topological polar surface area (TPSA) is 86.9 Å². The van der Waals surface area contributed by atoms with Crippen LogP contribution in [-0.2, 0) is 13.6 Å². The molecule has 0 spiro atoms. The van der Waals surface area contributed by atoms with E-state index in [1.165, 1.54) is 0 Å². The molecule has 4 rings (SSSR count). The van der Waals surface area contributed by atoms with E-state index in [0.717, 1.165) is 39.2 Å². The molecule has 0 aliphatic carbocycles. The fourth-order valence-electron chi connectivity index (χ4n) is 3.66. The number of nitrogens with one attached hydrogen (secondary N) is 1. The predicted octanol–water partition coefficient (Wildman–Crippen LogP) is 4.09. The fraction of sp³-hybridized carbons (Fsp3) is 0.333. The summed E-state index contributed by atoms with van der Waals surface area (Å²) in [6.45, 7) is 9.11. The Bertz CT molecular complexity index is 1320. The minimum atomic E-state index is -0.0374. The van der Waals surface area contributed by atoms with Gasteiger partial charge in [-0.05, 0) is 57.5 Å². The molecule has 0 unspecified atom stereocenters. The molecule has 0 fully saturated rings. The lowest BCUT2D eigenvalue weighted by Crippen LogP contribution is -2.16. The molecule has 0 bridgehead atoms. The monoisotopic (exact) mass is 432 g/mol. The van der Waals surface area contributed by atoms with Crippen LogP contribution in [0.4, 0.5) is 5.69 Å². The number of nitrogens with zero attached hydrogens (tertiary/aromatic N) is 5. The summed E-state index contributed by atoms with van der Waals surface area (Å²) in [6, 6.07) is 9.59. The lowest BCUT2D eigenvalue weighted by atomic mass is 10.1. The zero-order valence-electron chi connectivity index (χ0n) is 19.1. The second-order valence-corrected chi connectivity index (χ2v) is 8.00. The van der Waals surface area contributed by atoms with Gasteiger partial charge in [0.1, 0.15) is 11.0 Å². The second-order valence-electron chi connectivity index (χ2n) is 8.00. The van der Waals surface area contributed by atoms with E-state index in [-0.39, 0.29) is 11.6 Å². The minimum absolute atomic E-state index is 0.0374. The van der Waals surface area contributed by atoms with Crippen LogP contribution in [0.5, 0.6) is 5.88 Å². The van der Waals surface area contributed by atoms with Crippen molar-refractivity contribution in [2.24, 2.45) is 7.05 Å². The highest BCUT2D eigenvalue weighted by Crippen LogP contribution is 2.34. The van der Waals surface area contributed by atoms with Crippen LogP contribution in [0, 0.1) is 6.92 Å². The number of ether oxygens (including phenoxy) is 1. The Labute approximate surface area is 186 Å². The third kappa shape index (κ3) is 4.08. The van der Waals surface area contributed by atoms with E-state index in [1.54, 1.807) is 30.1 Å². The molecule has 0 atom stereocenters. The van der Waals surface area contributed by atoms with Gasteiger partial charge in [0.05, 0.1) is 29.2 Å². The van der Waals surface area contributed by atoms with E-state index in [9.17, 15) is 4.79 Å². The van der Waals surface area contributed by atoms with Crippen LogP contribution in [0.3, 0.4) is 0 Å². The lowest BCUT2D eigenvalue weighted by Gasteiger charge is -2.15. The first-order valence-electron chi connectivity index (χ1n) is 10.8. The first kappa shape index (κ1) is 21.5. The van der Waals surface area contributed by atoms with Gasteiger partial charge >= 0.3 is 0 Å². The van der Waals surface area contributed by atoms with Crippen molar-refractivity contribution in [1.29, 1.82) is 0 Å². The molecular formula is C24H28N6O2. The molecule has 8 nitrogen and oxygen atoms in total. The van der Waals surface area contributed by atoms with E-state index in [2.05, 4.69) is 24.1 Å². The molecule has 4 heterocycles. The Morgan fingerprint density at radius 1 is 1.22 bits per heavy atom. The number of anilines is 1. The van der Waals surface area contributed by atoms with Crippen molar-refractivity contribution >= 4 is 16.7 Å². The normalized spacial score (nSPS) is 11.3. The van der Waals surface area contributed by atoms with E-state index in [4.69, 9.17) is 14.8 Å². The quantitative estimate of drug-likeness (QED) is 0.473. The van der Waals surface area contributed by atoms with Crippen molar-refractivity contribution in [3.8, 4) is 17.1 Å². The summed E-state index contributed by atoms with van der Waals surface area (Å²) in [6.07, 6.45) is 3.49. The smallest absolute Gasteiger partial charge is 0.250 e. The summed E-state index contributed by atoms with van der Waals surface area (Å²) < 4.78 is 9.28. The van der Waals surface area contributed by atoms with Gasteiger partial charge in [-0.25, -0.2) is 9.97 Å². The SMILES string of the molecule is CCOc1ncccc1-c1cc(NCc2ccn(C)c(=O)c2)c2c(n1)c(C)nn2C(C)C. The Balaban J connectivity index is 1.85. The molecule has 1 N–H and O–H groups in total. The van der Waals surface area contributed by atoms with Gasteiger partial charge < -0.3 is 14.6 Å². The highest BCUT2D eigenvalue weighted by Gasteiger charge is 2.19. The van der Waals surface area contributed by atoms with Gasteiger partial charge in [0, 0.05) is 38.1 Å². The number of hydrogen-bond acceptors (Lipinski definition) is 6. The summed E-state index contributed by atoms with van der Waals surface area (Å²) >= 11 is 0. The van der Waals surface area contributed by atoms with E-state index < -0.39 is 0 Å². The molecule has 0 aliphatic heterocycles.